The second kappa shape index (κ2) is 12.0. The van der Waals surface area contributed by atoms with Gasteiger partial charge in [-0.15, -0.1) is 11.3 Å². The summed E-state index contributed by atoms with van der Waals surface area (Å²) in [6, 6.07) is 2.62. The van der Waals surface area contributed by atoms with Crippen LogP contribution in [-0.4, -0.2) is 77.7 Å². The van der Waals surface area contributed by atoms with Crippen molar-refractivity contribution < 1.29 is 23.9 Å². The molecule has 7 N–H and O–H groups in total. The van der Waals surface area contributed by atoms with Crippen LogP contribution in [0, 0.1) is 5.41 Å². The Morgan fingerprint density at radius 3 is 2.72 bits per heavy atom. The van der Waals surface area contributed by atoms with Crippen LogP contribution in [0.2, 0.25) is 0 Å². The third-order valence-corrected chi connectivity index (χ3v) is 6.85. The average molecular weight is 518 g/mol. The zero-order valence-electron chi connectivity index (χ0n) is 20.2. The van der Waals surface area contributed by atoms with Gasteiger partial charge >= 0.3 is 5.97 Å². The molecule has 3 atom stereocenters. The fraction of sp³-hybridized carbons (Fsp3) is 0.478. The summed E-state index contributed by atoms with van der Waals surface area (Å²) in [4.78, 5) is 56.1. The van der Waals surface area contributed by atoms with E-state index in [0.717, 1.165) is 22.7 Å². The Morgan fingerprint density at radius 1 is 1.36 bits per heavy atom. The number of carbonyl (C=O) groups excluding carboxylic acids is 4. The second-order valence-electron chi connectivity index (χ2n) is 8.58. The smallest absolute Gasteiger partial charge is 0.337 e. The highest BCUT2D eigenvalue weighted by Crippen LogP contribution is 2.25. The van der Waals surface area contributed by atoms with E-state index in [2.05, 4.69) is 15.6 Å². The fourth-order valence-electron chi connectivity index (χ4n) is 3.99. The minimum atomic E-state index is -0.893. The van der Waals surface area contributed by atoms with Crippen LogP contribution in [0.1, 0.15) is 52.8 Å². The number of benzene rings is 1. The summed E-state index contributed by atoms with van der Waals surface area (Å²) in [5.74, 6) is -2.09. The van der Waals surface area contributed by atoms with E-state index in [-0.39, 0.29) is 36.1 Å². The molecule has 0 bridgehead atoms. The molecule has 2 amide bonds. The highest BCUT2D eigenvalue weighted by Gasteiger charge is 2.32. The molecule has 36 heavy (non-hydrogen) atoms. The van der Waals surface area contributed by atoms with E-state index in [0.29, 0.717) is 28.7 Å². The number of guanidine groups is 1. The van der Waals surface area contributed by atoms with Crippen LogP contribution in [0.15, 0.2) is 18.2 Å². The summed E-state index contributed by atoms with van der Waals surface area (Å²) in [5, 5.41) is 13.5. The Balaban J connectivity index is 1.74. The van der Waals surface area contributed by atoms with Crippen molar-refractivity contribution in [1.82, 2.24) is 20.5 Å². The van der Waals surface area contributed by atoms with E-state index in [9.17, 15) is 19.2 Å². The molecule has 2 heterocycles. The third-order valence-electron chi connectivity index (χ3n) is 5.82. The average Bonchev–Trinajstić information content (AvgIpc) is 3.53. The largest absolute Gasteiger partial charge is 0.465 e. The number of amides is 2. The maximum Gasteiger partial charge on any atom is 0.337 e. The molecule has 0 spiro atoms. The first-order valence-corrected chi connectivity index (χ1v) is 12.4. The van der Waals surface area contributed by atoms with Crippen molar-refractivity contribution in [3.05, 3.63) is 28.8 Å². The van der Waals surface area contributed by atoms with Crippen molar-refractivity contribution >= 4 is 51.1 Å². The van der Waals surface area contributed by atoms with E-state index in [1.165, 1.54) is 14.0 Å². The zero-order valence-corrected chi connectivity index (χ0v) is 21.0. The number of esters is 1. The van der Waals surface area contributed by atoms with Gasteiger partial charge in [-0.25, -0.2) is 9.78 Å². The van der Waals surface area contributed by atoms with E-state index >= 15 is 0 Å². The predicted octanol–water partition coefficient (Wildman–Crippen LogP) is 0.352. The van der Waals surface area contributed by atoms with Gasteiger partial charge in [0.2, 0.25) is 17.6 Å². The van der Waals surface area contributed by atoms with E-state index in [1.807, 2.05) is 0 Å². The number of rotatable bonds is 10. The number of nitrogens with two attached hydrogens (primary N) is 2. The normalized spacial score (nSPS) is 16.8. The molecule has 1 aromatic heterocycles. The van der Waals surface area contributed by atoms with Crippen molar-refractivity contribution in [2.75, 3.05) is 20.2 Å². The number of ether oxygens (including phenoxy) is 1. The lowest BCUT2D eigenvalue weighted by Gasteiger charge is -2.26. The molecule has 194 valence electrons. The number of nitrogens with zero attached hydrogens (tertiary/aromatic N) is 2. The van der Waals surface area contributed by atoms with Gasteiger partial charge in [0.05, 0.1) is 41.0 Å². The van der Waals surface area contributed by atoms with Crippen LogP contribution in [0.3, 0.4) is 0 Å². The van der Waals surface area contributed by atoms with Crippen molar-refractivity contribution in [2.45, 2.75) is 50.7 Å². The number of ketones is 1. The molecule has 0 radical (unpaired) electrons. The van der Waals surface area contributed by atoms with Crippen molar-refractivity contribution in [3.8, 4) is 0 Å². The molecule has 1 fully saturated rings. The Labute approximate surface area is 212 Å². The van der Waals surface area contributed by atoms with Crippen LogP contribution in [-0.2, 0) is 14.3 Å². The highest BCUT2D eigenvalue weighted by molar-refractivity contribution is 7.20. The summed E-state index contributed by atoms with van der Waals surface area (Å²) in [6.07, 6.45) is 1.96. The molecule has 13 heteroatoms. The first-order chi connectivity index (χ1) is 17.1. The number of nitrogens with one attached hydrogen (secondary N) is 3. The predicted molar refractivity (Wildman–Crippen MR) is 135 cm³/mol. The summed E-state index contributed by atoms with van der Waals surface area (Å²) < 4.78 is 5.36. The standard InChI is InChI=1S/C23H31N7O5S/c1-12(24)20(32)30(21(33)16-5-3-9-27-16)10-4-6-15(29-23(25)26)18(31)19-28-14-8-7-13(22(34)35-2)11-17(14)36-19/h7-8,11-12,15-16,27H,3-6,9-10,24H2,1-2H3,(H4,25,26,29)/t12-,15?,16-/m0/s1. The first-order valence-electron chi connectivity index (χ1n) is 11.6. The van der Waals surface area contributed by atoms with Crippen LogP contribution >= 0.6 is 11.3 Å². The van der Waals surface area contributed by atoms with Crippen molar-refractivity contribution in [3.63, 3.8) is 0 Å². The summed E-state index contributed by atoms with van der Waals surface area (Å²) in [5.41, 5.74) is 12.2. The molecule has 1 saturated heterocycles. The maximum atomic E-state index is 13.2. The number of fused-ring (bicyclic) bond motifs is 1. The van der Waals surface area contributed by atoms with Crippen LogP contribution < -0.4 is 22.1 Å². The number of methoxy groups -OCH3 is 1. The summed E-state index contributed by atoms with van der Waals surface area (Å²) in [6.45, 7) is 2.30. The Hall–Kier alpha value is -3.42. The number of Topliss-reactive ketones (excluding diaryl/α,β-unsaturated/α-hetero) is 1. The number of thiazole rings is 1. The monoisotopic (exact) mass is 517 g/mol. The molecule has 1 aromatic carbocycles. The fourth-order valence-corrected chi connectivity index (χ4v) is 4.99. The lowest BCUT2D eigenvalue weighted by Crippen LogP contribution is -2.52. The van der Waals surface area contributed by atoms with E-state index in [1.54, 1.807) is 18.2 Å². The van der Waals surface area contributed by atoms with Gasteiger partial charge in [-0.2, -0.15) is 0 Å². The molecule has 3 rings (SSSR count). The topological polar surface area (TPSA) is 194 Å². The van der Waals surface area contributed by atoms with E-state index < -0.39 is 36.0 Å². The first kappa shape index (κ1) is 27.2. The molecule has 1 aliphatic rings. The number of aromatic nitrogens is 1. The summed E-state index contributed by atoms with van der Waals surface area (Å²) >= 11 is 1.11. The molecular formula is C23H31N7O5S. The number of hydrogen-bond acceptors (Lipinski definition) is 10. The number of carbonyl (C=O) groups is 4. The minimum absolute atomic E-state index is 0.0725. The van der Waals surface area contributed by atoms with Crippen molar-refractivity contribution in [2.24, 2.45) is 11.5 Å². The Bertz CT molecular complexity index is 1160. The molecule has 12 nitrogen and oxygen atoms in total. The highest BCUT2D eigenvalue weighted by atomic mass is 32.1. The molecule has 1 unspecified atom stereocenters. The van der Waals surface area contributed by atoms with Gasteiger partial charge in [0, 0.05) is 6.54 Å². The molecular weight excluding hydrogens is 486 g/mol. The van der Waals surface area contributed by atoms with Gasteiger partial charge in [0.25, 0.3) is 0 Å². The maximum absolute atomic E-state index is 13.2. The van der Waals surface area contributed by atoms with Crippen molar-refractivity contribution in [1.29, 1.82) is 5.41 Å². The van der Waals surface area contributed by atoms with Crippen LogP contribution in [0.25, 0.3) is 10.2 Å². The lowest BCUT2D eigenvalue weighted by molar-refractivity contribution is -0.146. The van der Waals surface area contributed by atoms with Gasteiger partial charge < -0.3 is 26.8 Å². The zero-order chi connectivity index (χ0) is 26.4. The molecule has 2 aromatic rings. The van der Waals surface area contributed by atoms with Gasteiger partial charge in [-0.05, 0) is 57.4 Å². The summed E-state index contributed by atoms with van der Waals surface area (Å²) in [7, 11) is 1.28. The van der Waals surface area contributed by atoms with Gasteiger partial charge in [-0.3, -0.25) is 24.7 Å². The quantitative estimate of drug-likeness (QED) is 0.127. The minimum Gasteiger partial charge on any atom is -0.465 e. The van der Waals surface area contributed by atoms with Gasteiger partial charge in [0.15, 0.2) is 11.0 Å². The Morgan fingerprint density at radius 2 is 2.11 bits per heavy atom. The van der Waals surface area contributed by atoms with Gasteiger partial charge in [0.1, 0.15) is 0 Å². The lowest BCUT2D eigenvalue weighted by atomic mass is 10.1. The Kier molecular flexibility index (Phi) is 9.07. The second-order valence-corrected chi connectivity index (χ2v) is 9.61. The van der Waals surface area contributed by atoms with Crippen LogP contribution in [0.5, 0.6) is 0 Å². The van der Waals surface area contributed by atoms with Crippen LogP contribution in [0.4, 0.5) is 0 Å². The SMILES string of the molecule is COC(=O)c1ccc2nc(C(=O)C(CCCN(C(=O)[C@H](C)N)C(=O)[C@@H]3CCCN3)NC(=N)N)sc2c1. The number of hydrogen-bond donors (Lipinski definition) is 5. The molecule has 0 saturated carbocycles. The van der Waals surface area contributed by atoms with E-state index in [4.69, 9.17) is 21.6 Å². The third kappa shape index (κ3) is 6.42. The molecule has 1 aliphatic heterocycles. The molecule has 0 aliphatic carbocycles. The van der Waals surface area contributed by atoms with Gasteiger partial charge in [-0.1, -0.05) is 0 Å². The number of imide groups is 1.